The number of hydrogen-bond acceptors (Lipinski definition) is 1. The summed E-state index contributed by atoms with van der Waals surface area (Å²) >= 11 is 0. The fraction of sp³-hybridized carbons (Fsp3) is 0. The molecule has 0 atom stereocenters. The molecule has 3 rings (SSSR count). The molecule has 3 aromatic rings. The van der Waals surface area contributed by atoms with E-state index in [0.29, 0.717) is 0 Å². The second-order valence-electron chi connectivity index (χ2n) is 3.83. The maximum Gasteiger partial charge on any atom is 0.247 e. The zero-order valence-electron chi connectivity index (χ0n) is 8.83. The highest BCUT2D eigenvalue weighted by Gasteiger charge is 2.06. The Hall–Kier alpha value is -2.36. The van der Waals surface area contributed by atoms with Gasteiger partial charge in [-0.15, -0.1) is 0 Å². The average molecular weight is 228 g/mol. The zero-order valence-corrected chi connectivity index (χ0v) is 8.83. The molecule has 0 fully saturated rings. The summed E-state index contributed by atoms with van der Waals surface area (Å²) in [6, 6.07) is 7.81. The molecule has 2 heterocycles. The van der Waals surface area contributed by atoms with Crippen LogP contribution >= 0.6 is 0 Å². The van der Waals surface area contributed by atoms with Gasteiger partial charge in [0.1, 0.15) is 5.82 Å². The molecule has 0 radical (unpaired) electrons. The number of nitrogens with one attached hydrogen (secondary N) is 2. The van der Waals surface area contributed by atoms with Gasteiger partial charge in [0.05, 0.1) is 0 Å². The summed E-state index contributed by atoms with van der Waals surface area (Å²) in [7, 11) is 0. The molecule has 0 bridgehead atoms. The van der Waals surface area contributed by atoms with Crippen LogP contribution in [0.1, 0.15) is 0 Å². The van der Waals surface area contributed by atoms with Crippen LogP contribution in [-0.4, -0.2) is 9.97 Å². The van der Waals surface area contributed by atoms with Crippen molar-refractivity contribution >= 4 is 10.9 Å². The maximum absolute atomic E-state index is 13.0. The van der Waals surface area contributed by atoms with E-state index in [1.165, 1.54) is 18.2 Å². The Morgan fingerprint density at radius 1 is 1.00 bits per heavy atom. The monoisotopic (exact) mass is 228 g/mol. The Morgan fingerprint density at radius 2 is 1.88 bits per heavy atom. The largest absolute Gasteiger partial charge is 0.360 e. The van der Waals surface area contributed by atoms with Crippen LogP contribution in [-0.2, 0) is 0 Å². The van der Waals surface area contributed by atoms with Crippen LogP contribution in [0.5, 0.6) is 0 Å². The van der Waals surface area contributed by atoms with Gasteiger partial charge in [-0.25, -0.2) is 4.39 Å². The quantitative estimate of drug-likeness (QED) is 0.661. The summed E-state index contributed by atoms with van der Waals surface area (Å²) in [6.45, 7) is 0. The van der Waals surface area contributed by atoms with Crippen molar-refractivity contribution in [2.75, 3.05) is 0 Å². The van der Waals surface area contributed by atoms with Gasteiger partial charge in [0.15, 0.2) is 0 Å². The average Bonchev–Trinajstić information content (AvgIpc) is 2.73. The lowest BCUT2D eigenvalue weighted by molar-refractivity contribution is 0.629. The number of rotatable bonds is 1. The predicted molar refractivity (Wildman–Crippen MR) is 64.3 cm³/mol. The summed E-state index contributed by atoms with van der Waals surface area (Å²) in [5.41, 5.74) is 2.43. The lowest BCUT2D eigenvalue weighted by atomic mass is 10.1. The molecule has 0 unspecified atom stereocenters. The van der Waals surface area contributed by atoms with E-state index in [4.69, 9.17) is 0 Å². The van der Waals surface area contributed by atoms with E-state index in [9.17, 15) is 9.18 Å². The van der Waals surface area contributed by atoms with Crippen LogP contribution in [0.25, 0.3) is 22.0 Å². The Bertz CT molecular complexity index is 722. The molecule has 0 aliphatic heterocycles. The van der Waals surface area contributed by atoms with Gasteiger partial charge >= 0.3 is 0 Å². The van der Waals surface area contributed by atoms with Crippen LogP contribution in [0.4, 0.5) is 4.39 Å². The van der Waals surface area contributed by atoms with E-state index < -0.39 is 0 Å². The number of aromatic amines is 2. The topological polar surface area (TPSA) is 48.6 Å². The van der Waals surface area contributed by atoms with E-state index in [-0.39, 0.29) is 11.4 Å². The molecule has 3 nitrogen and oxygen atoms in total. The van der Waals surface area contributed by atoms with E-state index in [1.54, 1.807) is 24.5 Å². The molecule has 0 aliphatic rings. The maximum atomic E-state index is 13.0. The van der Waals surface area contributed by atoms with E-state index in [1.807, 2.05) is 0 Å². The number of fused-ring (bicyclic) bond motifs is 1. The van der Waals surface area contributed by atoms with Crippen molar-refractivity contribution in [2.24, 2.45) is 0 Å². The zero-order chi connectivity index (χ0) is 11.8. The lowest BCUT2D eigenvalue weighted by Gasteiger charge is -1.98. The van der Waals surface area contributed by atoms with Crippen LogP contribution in [0.2, 0.25) is 0 Å². The number of aromatic nitrogens is 2. The number of hydrogen-bond donors (Lipinski definition) is 2. The highest BCUT2D eigenvalue weighted by Crippen LogP contribution is 2.27. The highest BCUT2D eigenvalue weighted by molar-refractivity contribution is 5.95. The first-order valence-electron chi connectivity index (χ1n) is 5.20. The van der Waals surface area contributed by atoms with Crippen molar-refractivity contribution in [3.8, 4) is 11.1 Å². The van der Waals surface area contributed by atoms with Crippen LogP contribution in [0.15, 0.2) is 47.5 Å². The number of pyridine rings is 1. The van der Waals surface area contributed by atoms with E-state index >= 15 is 0 Å². The molecule has 0 spiro atoms. The third-order valence-corrected chi connectivity index (χ3v) is 2.74. The molecule has 2 N–H and O–H groups in total. The molecular formula is C13H9FN2O. The minimum absolute atomic E-state index is 0.139. The van der Waals surface area contributed by atoms with Gasteiger partial charge in [-0.3, -0.25) is 4.79 Å². The summed E-state index contributed by atoms with van der Waals surface area (Å²) < 4.78 is 13.0. The van der Waals surface area contributed by atoms with Crippen LogP contribution in [0.3, 0.4) is 0 Å². The van der Waals surface area contributed by atoms with Crippen molar-refractivity contribution in [2.45, 2.75) is 0 Å². The molecular weight excluding hydrogens is 219 g/mol. The van der Waals surface area contributed by atoms with Gasteiger partial charge in [0.2, 0.25) is 5.56 Å². The Kier molecular flexibility index (Phi) is 2.08. The molecule has 0 aliphatic carbocycles. The number of benzene rings is 1. The van der Waals surface area contributed by atoms with Gasteiger partial charge in [-0.1, -0.05) is 0 Å². The normalized spacial score (nSPS) is 10.9. The van der Waals surface area contributed by atoms with Crippen LogP contribution in [0, 0.1) is 5.82 Å². The first-order chi connectivity index (χ1) is 8.24. The molecule has 4 heteroatoms. The molecule has 84 valence electrons. The molecule has 0 amide bonds. The Labute approximate surface area is 95.9 Å². The lowest BCUT2D eigenvalue weighted by Crippen LogP contribution is -2.01. The van der Waals surface area contributed by atoms with E-state index in [2.05, 4.69) is 9.97 Å². The van der Waals surface area contributed by atoms with Crippen molar-refractivity contribution in [3.63, 3.8) is 0 Å². The van der Waals surface area contributed by atoms with Crippen molar-refractivity contribution in [1.29, 1.82) is 0 Å². The number of halogens is 1. The fourth-order valence-electron chi connectivity index (χ4n) is 1.92. The van der Waals surface area contributed by atoms with Gasteiger partial charge < -0.3 is 9.97 Å². The van der Waals surface area contributed by atoms with Crippen molar-refractivity contribution in [3.05, 3.63) is 58.9 Å². The second kappa shape index (κ2) is 3.59. The fourth-order valence-corrected chi connectivity index (χ4v) is 1.92. The summed E-state index contributed by atoms with van der Waals surface area (Å²) in [6.07, 6.45) is 3.45. The minimum atomic E-state index is -0.271. The third-order valence-electron chi connectivity index (χ3n) is 2.74. The summed E-state index contributed by atoms with van der Waals surface area (Å²) in [4.78, 5) is 16.6. The molecule has 2 aromatic heterocycles. The smallest absolute Gasteiger partial charge is 0.247 e. The second-order valence-corrected chi connectivity index (χ2v) is 3.83. The Balaban J connectivity index is 2.24. The first-order valence-corrected chi connectivity index (χ1v) is 5.20. The molecule has 0 saturated heterocycles. The van der Waals surface area contributed by atoms with Gasteiger partial charge in [0, 0.05) is 40.5 Å². The van der Waals surface area contributed by atoms with Gasteiger partial charge in [-0.05, 0) is 24.3 Å². The Morgan fingerprint density at radius 3 is 2.65 bits per heavy atom. The molecule has 1 aromatic carbocycles. The minimum Gasteiger partial charge on any atom is -0.360 e. The van der Waals surface area contributed by atoms with Gasteiger partial charge in [-0.2, -0.15) is 0 Å². The van der Waals surface area contributed by atoms with E-state index in [0.717, 1.165) is 22.0 Å². The third kappa shape index (κ3) is 1.63. The predicted octanol–water partition coefficient (Wildman–Crippen LogP) is 2.66. The molecule has 17 heavy (non-hydrogen) atoms. The number of H-pyrrole nitrogens is 2. The van der Waals surface area contributed by atoms with Gasteiger partial charge in [0.25, 0.3) is 0 Å². The summed E-state index contributed by atoms with van der Waals surface area (Å²) in [5.74, 6) is -0.271. The SMILES string of the molecule is O=c1ccc(-c2c[nH]c3cc(F)ccc23)c[nH]1. The van der Waals surface area contributed by atoms with Crippen molar-refractivity contribution < 1.29 is 4.39 Å². The molecule has 0 saturated carbocycles. The summed E-state index contributed by atoms with van der Waals surface area (Å²) in [5, 5.41) is 0.929. The standard InChI is InChI=1S/C13H9FN2O/c14-9-2-3-10-11(7-15-12(10)5-9)8-1-4-13(17)16-6-8/h1-7,15H,(H,16,17). The highest BCUT2D eigenvalue weighted by atomic mass is 19.1. The first kappa shape index (κ1) is 9.84. The van der Waals surface area contributed by atoms with Crippen LogP contribution < -0.4 is 5.56 Å². The van der Waals surface area contributed by atoms with Crippen molar-refractivity contribution in [1.82, 2.24) is 9.97 Å².